The molecule has 2 amide bonds. The zero-order chi connectivity index (χ0) is 15.2. The molecule has 7 heteroatoms. The summed E-state index contributed by atoms with van der Waals surface area (Å²) in [7, 11) is 1.55. The number of nitrogens with one attached hydrogen (secondary N) is 1. The number of hydrogen-bond acceptors (Lipinski definition) is 5. The maximum Gasteiger partial charge on any atom is 0.410 e. The zero-order valence-corrected chi connectivity index (χ0v) is 11.7. The van der Waals surface area contributed by atoms with E-state index in [2.05, 4.69) is 5.32 Å². The van der Waals surface area contributed by atoms with Crippen molar-refractivity contribution in [2.24, 2.45) is 0 Å². The monoisotopic (exact) mass is 294 g/mol. The first-order valence-corrected chi connectivity index (χ1v) is 6.60. The van der Waals surface area contributed by atoms with E-state index in [1.54, 1.807) is 19.2 Å². The van der Waals surface area contributed by atoms with E-state index in [9.17, 15) is 14.7 Å². The number of phenolic OH excluding ortho intramolecular Hbond substituents is 1. The van der Waals surface area contributed by atoms with Gasteiger partial charge in [0.25, 0.3) is 0 Å². The first kappa shape index (κ1) is 15.1. The quantitative estimate of drug-likeness (QED) is 0.745. The Morgan fingerprint density at radius 1 is 1.48 bits per heavy atom. The zero-order valence-electron chi connectivity index (χ0n) is 11.7. The molecule has 21 heavy (non-hydrogen) atoms. The van der Waals surface area contributed by atoms with Gasteiger partial charge in [0.2, 0.25) is 5.91 Å². The van der Waals surface area contributed by atoms with Crippen LogP contribution in [0.1, 0.15) is 5.56 Å². The number of methoxy groups -OCH3 is 1. The molecular formula is C14H18N2O5. The minimum absolute atomic E-state index is 0.0374. The van der Waals surface area contributed by atoms with E-state index in [-0.39, 0.29) is 24.8 Å². The molecule has 0 aromatic heterocycles. The smallest absolute Gasteiger partial charge is 0.410 e. The van der Waals surface area contributed by atoms with Crippen LogP contribution in [0.15, 0.2) is 24.3 Å². The molecule has 0 saturated carbocycles. The number of benzene rings is 1. The topological polar surface area (TPSA) is 88.1 Å². The normalized spacial score (nSPS) is 17.7. The summed E-state index contributed by atoms with van der Waals surface area (Å²) in [6.07, 6.45) is -0.519. The standard InChI is InChI=1S/C14H18N2O5/c1-20-7-6-15-13(18)12-9-21-14(19)16(12)8-10-2-4-11(17)5-3-10/h2-5,12,17H,6-9H2,1H3,(H,15,18)/t12-/m0/s1. The van der Waals surface area contributed by atoms with Gasteiger partial charge >= 0.3 is 6.09 Å². The van der Waals surface area contributed by atoms with Crippen molar-refractivity contribution in [3.8, 4) is 5.75 Å². The van der Waals surface area contributed by atoms with Crippen molar-refractivity contribution >= 4 is 12.0 Å². The number of ether oxygens (including phenoxy) is 2. The minimum atomic E-state index is -0.650. The molecule has 0 radical (unpaired) electrons. The van der Waals surface area contributed by atoms with E-state index in [0.29, 0.717) is 13.2 Å². The highest BCUT2D eigenvalue weighted by molar-refractivity contribution is 5.87. The molecule has 1 heterocycles. The largest absolute Gasteiger partial charge is 0.508 e. The summed E-state index contributed by atoms with van der Waals surface area (Å²) in [4.78, 5) is 25.1. The number of cyclic esters (lactones) is 1. The third kappa shape index (κ3) is 3.85. The van der Waals surface area contributed by atoms with E-state index in [1.165, 1.54) is 17.0 Å². The third-order valence-corrected chi connectivity index (χ3v) is 3.17. The van der Waals surface area contributed by atoms with Gasteiger partial charge in [-0.2, -0.15) is 0 Å². The fourth-order valence-electron chi connectivity index (χ4n) is 2.03. The van der Waals surface area contributed by atoms with Crippen LogP contribution in [0, 0.1) is 0 Å². The Hall–Kier alpha value is -2.28. The molecule has 0 aliphatic carbocycles. The predicted molar refractivity (Wildman–Crippen MR) is 73.7 cm³/mol. The maximum atomic E-state index is 12.0. The summed E-state index contributed by atoms with van der Waals surface area (Å²) >= 11 is 0. The number of amides is 2. The van der Waals surface area contributed by atoms with Crippen LogP contribution in [-0.2, 0) is 20.8 Å². The SMILES string of the molecule is COCCNC(=O)[C@@H]1COC(=O)N1Cc1ccc(O)cc1. The molecule has 2 rings (SSSR count). The second-order valence-corrected chi connectivity index (χ2v) is 4.67. The fourth-order valence-corrected chi connectivity index (χ4v) is 2.03. The van der Waals surface area contributed by atoms with Gasteiger partial charge in [-0.3, -0.25) is 9.69 Å². The van der Waals surface area contributed by atoms with Crippen molar-refractivity contribution in [3.05, 3.63) is 29.8 Å². The maximum absolute atomic E-state index is 12.0. The molecule has 1 fully saturated rings. The van der Waals surface area contributed by atoms with Gasteiger partial charge in [0.15, 0.2) is 0 Å². The van der Waals surface area contributed by atoms with Gasteiger partial charge in [0, 0.05) is 13.7 Å². The number of hydrogen-bond donors (Lipinski definition) is 2. The lowest BCUT2D eigenvalue weighted by Gasteiger charge is -2.20. The Kier molecular flexibility index (Phi) is 4.99. The van der Waals surface area contributed by atoms with Crippen molar-refractivity contribution in [1.29, 1.82) is 0 Å². The van der Waals surface area contributed by atoms with E-state index in [1.807, 2.05) is 0 Å². The molecule has 114 valence electrons. The first-order valence-electron chi connectivity index (χ1n) is 6.60. The molecule has 1 aliphatic heterocycles. The third-order valence-electron chi connectivity index (χ3n) is 3.17. The Morgan fingerprint density at radius 2 is 2.19 bits per heavy atom. The average Bonchev–Trinajstić information content (AvgIpc) is 2.83. The Labute approximate surface area is 122 Å². The second-order valence-electron chi connectivity index (χ2n) is 4.67. The Morgan fingerprint density at radius 3 is 2.86 bits per heavy atom. The van der Waals surface area contributed by atoms with Crippen LogP contribution in [0.25, 0.3) is 0 Å². The molecule has 1 aromatic rings. The average molecular weight is 294 g/mol. The number of carbonyl (C=O) groups excluding carboxylic acids is 2. The highest BCUT2D eigenvalue weighted by Gasteiger charge is 2.37. The van der Waals surface area contributed by atoms with Crippen LogP contribution in [0.3, 0.4) is 0 Å². The molecule has 2 N–H and O–H groups in total. The predicted octanol–water partition coefficient (Wildman–Crippen LogP) is 0.476. The lowest BCUT2D eigenvalue weighted by atomic mass is 10.2. The highest BCUT2D eigenvalue weighted by Crippen LogP contribution is 2.18. The molecule has 0 unspecified atom stereocenters. The van der Waals surface area contributed by atoms with Crippen molar-refractivity contribution in [2.75, 3.05) is 26.9 Å². The molecule has 1 aromatic carbocycles. The van der Waals surface area contributed by atoms with Crippen LogP contribution in [0.2, 0.25) is 0 Å². The molecule has 7 nitrogen and oxygen atoms in total. The summed E-state index contributed by atoms with van der Waals surface area (Å²) < 4.78 is 9.81. The van der Waals surface area contributed by atoms with Crippen LogP contribution >= 0.6 is 0 Å². The second kappa shape index (κ2) is 6.94. The summed E-state index contributed by atoms with van der Waals surface area (Å²) in [6, 6.07) is 5.80. The molecule has 0 spiro atoms. The van der Waals surface area contributed by atoms with Crippen LogP contribution in [-0.4, -0.2) is 54.9 Å². The van der Waals surface area contributed by atoms with E-state index in [0.717, 1.165) is 5.56 Å². The summed E-state index contributed by atoms with van der Waals surface area (Å²) in [5.41, 5.74) is 0.807. The van der Waals surface area contributed by atoms with Gasteiger partial charge in [-0.1, -0.05) is 12.1 Å². The van der Waals surface area contributed by atoms with Crippen molar-refractivity contribution in [3.63, 3.8) is 0 Å². The lowest BCUT2D eigenvalue weighted by Crippen LogP contribution is -2.46. The molecule has 1 saturated heterocycles. The number of rotatable bonds is 6. The summed E-state index contributed by atoms with van der Waals surface area (Å²) in [5.74, 6) is -0.117. The van der Waals surface area contributed by atoms with Gasteiger partial charge in [-0.15, -0.1) is 0 Å². The van der Waals surface area contributed by atoms with Gasteiger partial charge in [-0.05, 0) is 17.7 Å². The van der Waals surface area contributed by atoms with Crippen molar-refractivity contribution in [1.82, 2.24) is 10.2 Å². The Bertz CT molecular complexity index is 503. The lowest BCUT2D eigenvalue weighted by molar-refractivity contribution is -0.125. The van der Waals surface area contributed by atoms with Crippen LogP contribution < -0.4 is 5.32 Å². The number of carbonyl (C=O) groups is 2. The van der Waals surface area contributed by atoms with Gasteiger partial charge in [0.1, 0.15) is 18.4 Å². The van der Waals surface area contributed by atoms with Gasteiger partial charge in [-0.25, -0.2) is 4.79 Å². The van der Waals surface area contributed by atoms with Crippen molar-refractivity contribution in [2.45, 2.75) is 12.6 Å². The number of aromatic hydroxyl groups is 1. The molecule has 1 atom stereocenters. The minimum Gasteiger partial charge on any atom is -0.508 e. The first-order chi connectivity index (χ1) is 10.1. The van der Waals surface area contributed by atoms with Crippen molar-refractivity contribution < 1.29 is 24.2 Å². The summed E-state index contributed by atoms with van der Waals surface area (Å²) in [5, 5.41) is 11.9. The van der Waals surface area contributed by atoms with E-state index in [4.69, 9.17) is 9.47 Å². The number of nitrogens with zero attached hydrogens (tertiary/aromatic N) is 1. The van der Waals surface area contributed by atoms with Crippen LogP contribution in [0.4, 0.5) is 4.79 Å². The van der Waals surface area contributed by atoms with Crippen LogP contribution in [0.5, 0.6) is 5.75 Å². The van der Waals surface area contributed by atoms with E-state index >= 15 is 0 Å². The van der Waals surface area contributed by atoms with Gasteiger partial charge < -0.3 is 19.9 Å². The van der Waals surface area contributed by atoms with E-state index < -0.39 is 12.1 Å². The molecular weight excluding hydrogens is 276 g/mol. The summed E-state index contributed by atoms with van der Waals surface area (Å²) in [6.45, 7) is 1.08. The Balaban J connectivity index is 1.99. The fraction of sp³-hybridized carbons (Fsp3) is 0.429. The molecule has 1 aliphatic rings. The molecule has 0 bridgehead atoms. The number of phenols is 1. The van der Waals surface area contributed by atoms with Gasteiger partial charge in [0.05, 0.1) is 13.2 Å². The highest BCUT2D eigenvalue weighted by atomic mass is 16.6.